The number of anilines is 1. The molecule has 1 aromatic carbocycles. The summed E-state index contributed by atoms with van der Waals surface area (Å²) in [5, 5.41) is 4.30. The smallest absolute Gasteiger partial charge is 0.263 e. The molecule has 3 aromatic heterocycles. The van der Waals surface area contributed by atoms with Crippen molar-refractivity contribution in [2.45, 2.75) is 11.1 Å². The fourth-order valence-corrected chi connectivity index (χ4v) is 5.38. The van der Waals surface area contributed by atoms with E-state index >= 15 is 0 Å². The maximum atomic E-state index is 14.0. The quantitative estimate of drug-likeness (QED) is 0.579. The minimum atomic E-state index is -3.88. The molecule has 0 saturated carbocycles. The number of fused-ring (bicyclic) bond motifs is 1. The van der Waals surface area contributed by atoms with E-state index in [9.17, 15) is 12.8 Å². The summed E-state index contributed by atoms with van der Waals surface area (Å²) in [6.07, 6.45) is 4.37. The number of thiophene rings is 1. The van der Waals surface area contributed by atoms with Crippen LogP contribution in [-0.2, 0) is 10.0 Å². The predicted molar refractivity (Wildman–Crippen MR) is 96.5 cm³/mol. The Hall–Kier alpha value is -2.85. The molecule has 0 radical (unpaired) electrons. The highest BCUT2D eigenvalue weighted by Gasteiger charge is 2.23. The highest BCUT2D eigenvalue weighted by molar-refractivity contribution is 7.94. The Morgan fingerprint density at radius 3 is 2.73 bits per heavy atom. The van der Waals surface area contributed by atoms with E-state index in [4.69, 9.17) is 0 Å². The Bertz CT molecular complexity index is 1190. The van der Waals surface area contributed by atoms with Crippen LogP contribution in [0.5, 0.6) is 0 Å². The third kappa shape index (κ3) is 2.82. The molecule has 0 aliphatic rings. The van der Waals surface area contributed by atoms with E-state index in [1.165, 1.54) is 35.7 Å². The first-order valence-electron chi connectivity index (χ1n) is 7.47. The van der Waals surface area contributed by atoms with E-state index in [1.54, 1.807) is 25.1 Å². The molecule has 4 aromatic rings. The molecule has 10 heteroatoms. The molecule has 4 rings (SSSR count). The van der Waals surface area contributed by atoms with E-state index in [0.29, 0.717) is 21.3 Å². The first-order valence-corrected chi connectivity index (χ1v) is 9.77. The second-order valence-electron chi connectivity index (χ2n) is 5.47. The topological polar surface area (TPSA) is 89.8 Å². The Morgan fingerprint density at radius 1 is 1.23 bits per heavy atom. The molecule has 7 nitrogen and oxygen atoms in total. The number of hydrogen-bond acceptors (Lipinski definition) is 6. The number of benzene rings is 1. The molecule has 132 valence electrons. The lowest BCUT2D eigenvalue weighted by molar-refractivity contribution is 0.602. The maximum absolute atomic E-state index is 14.0. The van der Waals surface area contributed by atoms with Gasteiger partial charge in [-0.05, 0) is 36.8 Å². The molecular formula is C16H12FN5O2S2. The Morgan fingerprint density at radius 2 is 2.08 bits per heavy atom. The van der Waals surface area contributed by atoms with Gasteiger partial charge in [0, 0.05) is 10.1 Å². The summed E-state index contributed by atoms with van der Waals surface area (Å²) in [5.74, 6) is -0.279. The lowest BCUT2D eigenvalue weighted by Gasteiger charge is -2.07. The van der Waals surface area contributed by atoms with Crippen LogP contribution >= 0.6 is 11.3 Å². The summed E-state index contributed by atoms with van der Waals surface area (Å²) in [7, 11) is -3.88. The SMILES string of the molecule is Cc1c(S(=O)(=O)Nc2ccc(-n3cncn3)cn2)sc2cccc(F)c12. The first kappa shape index (κ1) is 16.6. The van der Waals surface area contributed by atoms with Gasteiger partial charge in [-0.2, -0.15) is 5.10 Å². The lowest BCUT2D eigenvalue weighted by atomic mass is 10.2. The molecule has 0 atom stereocenters. The maximum Gasteiger partial charge on any atom is 0.272 e. The minimum absolute atomic E-state index is 0.0692. The van der Waals surface area contributed by atoms with Crippen molar-refractivity contribution in [1.29, 1.82) is 0 Å². The van der Waals surface area contributed by atoms with Crippen molar-refractivity contribution >= 4 is 37.3 Å². The van der Waals surface area contributed by atoms with Gasteiger partial charge in [-0.25, -0.2) is 27.5 Å². The monoisotopic (exact) mass is 389 g/mol. The highest BCUT2D eigenvalue weighted by Crippen LogP contribution is 2.36. The van der Waals surface area contributed by atoms with Crippen LogP contribution < -0.4 is 4.72 Å². The molecular weight excluding hydrogens is 377 g/mol. The van der Waals surface area contributed by atoms with E-state index in [1.807, 2.05) is 0 Å². The fourth-order valence-electron chi connectivity index (χ4n) is 2.60. The molecule has 0 amide bonds. The van der Waals surface area contributed by atoms with E-state index in [0.717, 1.165) is 11.3 Å². The number of halogens is 1. The number of aromatic nitrogens is 4. The Labute approximate surface area is 152 Å². The van der Waals surface area contributed by atoms with Crippen LogP contribution in [0.25, 0.3) is 15.8 Å². The van der Waals surface area contributed by atoms with Gasteiger partial charge in [-0.1, -0.05) is 6.07 Å². The molecule has 3 heterocycles. The van der Waals surface area contributed by atoms with Crippen molar-refractivity contribution in [2.75, 3.05) is 4.72 Å². The third-order valence-electron chi connectivity index (χ3n) is 3.77. The van der Waals surface area contributed by atoms with Gasteiger partial charge in [0.15, 0.2) is 0 Å². The zero-order valence-corrected chi connectivity index (χ0v) is 15.1. The second-order valence-corrected chi connectivity index (χ2v) is 8.40. The van der Waals surface area contributed by atoms with Crippen molar-refractivity contribution in [3.05, 3.63) is 60.6 Å². The predicted octanol–water partition coefficient (Wildman–Crippen LogP) is 3.13. The number of pyridine rings is 1. The van der Waals surface area contributed by atoms with Gasteiger partial charge >= 0.3 is 0 Å². The van der Waals surface area contributed by atoms with E-state index < -0.39 is 15.8 Å². The molecule has 0 unspecified atom stereocenters. The summed E-state index contributed by atoms with van der Waals surface area (Å²) in [6.45, 7) is 1.59. The molecule has 26 heavy (non-hydrogen) atoms. The van der Waals surface area contributed by atoms with Crippen LogP contribution in [0.1, 0.15) is 5.56 Å². The van der Waals surface area contributed by atoms with Crippen LogP contribution in [0.3, 0.4) is 0 Å². The molecule has 1 N–H and O–H groups in total. The van der Waals surface area contributed by atoms with Crippen LogP contribution in [0.4, 0.5) is 10.2 Å². The van der Waals surface area contributed by atoms with Crippen molar-refractivity contribution < 1.29 is 12.8 Å². The van der Waals surface area contributed by atoms with Crippen LogP contribution in [0, 0.1) is 12.7 Å². The molecule has 0 fully saturated rings. The van der Waals surface area contributed by atoms with E-state index in [2.05, 4.69) is 19.8 Å². The van der Waals surface area contributed by atoms with Crippen molar-refractivity contribution in [1.82, 2.24) is 19.7 Å². The Kier molecular flexibility index (Phi) is 3.93. The molecule has 0 aliphatic heterocycles. The zero-order valence-electron chi connectivity index (χ0n) is 13.4. The van der Waals surface area contributed by atoms with Gasteiger partial charge in [0.1, 0.15) is 28.5 Å². The minimum Gasteiger partial charge on any atom is -0.263 e. The Balaban J connectivity index is 1.68. The standard InChI is InChI=1S/C16H12FN5O2S2/c1-10-15-12(17)3-2-4-13(15)25-16(10)26(23,24)21-14-6-5-11(7-19-14)22-9-18-8-20-22/h2-9H,1H3,(H,19,21). The van der Waals surface area contributed by atoms with Crippen molar-refractivity contribution in [2.24, 2.45) is 0 Å². The zero-order chi connectivity index (χ0) is 18.3. The van der Waals surface area contributed by atoms with Crippen LogP contribution in [0.2, 0.25) is 0 Å². The number of sulfonamides is 1. The molecule has 0 bridgehead atoms. The van der Waals surface area contributed by atoms with Gasteiger partial charge in [0.05, 0.1) is 11.9 Å². The number of aryl methyl sites for hydroxylation is 1. The summed E-state index contributed by atoms with van der Waals surface area (Å²) in [6, 6.07) is 7.76. The molecule has 0 saturated heterocycles. The molecule has 0 aliphatic carbocycles. The van der Waals surface area contributed by atoms with Gasteiger partial charge in [0.2, 0.25) is 0 Å². The highest BCUT2D eigenvalue weighted by atomic mass is 32.2. The summed E-state index contributed by atoms with van der Waals surface area (Å²) in [4.78, 5) is 7.94. The number of rotatable bonds is 4. The first-order chi connectivity index (χ1) is 12.5. The third-order valence-corrected chi connectivity index (χ3v) is 7.01. The summed E-state index contributed by atoms with van der Waals surface area (Å²) < 4.78 is 44.1. The van der Waals surface area contributed by atoms with Crippen molar-refractivity contribution in [3.8, 4) is 5.69 Å². The fraction of sp³-hybridized carbons (Fsp3) is 0.0625. The van der Waals surface area contributed by atoms with Gasteiger partial charge < -0.3 is 0 Å². The number of hydrogen-bond donors (Lipinski definition) is 1. The van der Waals surface area contributed by atoms with Crippen LogP contribution in [-0.4, -0.2) is 28.2 Å². The van der Waals surface area contributed by atoms with E-state index in [-0.39, 0.29) is 10.0 Å². The van der Waals surface area contributed by atoms with Gasteiger partial charge in [-0.15, -0.1) is 11.3 Å². The van der Waals surface area contributed by atoms with Gasteiger partial charge in [0.25, 0.3) is 10.0 Å². The normalized spacial score (nSPS) is 11.8. The molecule has 0 spiro atoms. The average Bonchev–Trinajstić information content (AvgIpc) is 3.24. The number of nitrogens with zero attached hydrogens (tertiary/aromatic N) is 4. The van der Waals surface area contributed by atoms with Gasteiger partial charge in [-0.3, -0.25) is 4.72 Å². The van der Waals surface area contributed by atoms with Crippen LogP contribution in [0.15, 0.2) is 53.4 Å². The second kappa shape index (κ2) is 6.15. The lowest BCUT2D eigenvalue weighted by Crippen LogP contribution is -2.13. The summed E-state index contributed by atoms with van der Waals surface area (Å²) >= 11 is 1.02. The summed E-state index contributed by atoms with van der Waals surface area (Å²) in [5.41, 5.74) is 1.03. The number of nitrogens with one attached hydrogen (secondary N) is 1. The average molecular weight is 389 g/mol. The van der Waals surface area contributed by atoms with Crippen molar-refractivity contribution in [3.63, 3.8) is 0 Å². The largest absolute Gasteiger partial charge is 0.272 e.